The second-order valence-electron chi connectivity index (χ2n) is 5.36. The van der Waals surface area contributed by atoms with Crippen molar-refractivity contribution in [2.45, 2.75) is 13.5 Å². The van der Waals surface area contributed by atoms with E-state index in [1.54, 1.807) is 19.4 Å². The van der Waals surface area contributed by atoms with Crippen molar-refractivity contribution in [2.24, 2.45) is 4.99 Å². The number of nitrogens with one attached hydrogen (secondary N) is 1. The topological polar surface area (TPSA) is 82.7 Å². The number of hydrogen-bond donors (Lipinski definition) is 1. The van der Waals surface area contributed by atoms with E-state index in [1.165, 1.54) is 0 Å². The smallest absolute Gasteiger partial charge is 0.225 e. The molecule has 1 aliphatic heterocycles. The minimum absolute atomic E-state index is 0.579. The Kier molecular flexibility index (Phi) is 4.70. The molecule has 0 bridgehead atoms. The zero-order valence-corrected chi connectivity index (χ0v) is 13.4. The average molecular weight is 315 g/mol. The number of guanidine groups is 1. The fourth-order valence-electron chi connectivity index (χ4n) is 2.57. The van der Waals surface area contributed by atoms with E-state index < -0.39 is 0 Å². The van der Waals surface area contributed by atoms with E-state index in [0.717, 1.165) is 49.5 Å². The molecule has 1 aliphatic rings. The van der Waals surface area contributed by atoms with Crippen LogP contribution in [0.4, 0.5) is 5.95 Å². The van der Waals surface area contributed by atoms with Crippen LogP contribution in [0.5, 0.6) is 0 Å². The number of rotatable bonds is 3. The summed E-state index contributed by atoms with van der Waals surface area (Å²) in [5.74, 6) is 2.46. The summed E-state index contributed by atoms with van der Waals surface area (Å²) in [6, 6.07) is 3.75. The molecule has 1 fully saturated rings. The third-order valence-corrected chi connectivity index (χ3v) is 3.72. The molecule has 0 spiro atoms. The highest BCUT2D eigenvalue weighted by atomic mass is 16.5. The molecule has 3 rings (SSSR count). The Morgan fingerprint density at radius 1 is 1.26 bits per heavy atom. The molecule has 2 aromatic rings. The van der Waals surface area contributed by atoms with Crippen LogP contribution < -0.4 is 10.2 Å². The van der Waals surface area contributed by atoms with Crippen molar-refractivity contribution in [3.63, 3.8) is 0 Å². The van der Waals surface area contributed by atoms with E-state index in [0.29, 0.717) is 6.54 Å². The number of piperazine rings is 1. The van der Waals surface area contributed by atoms with Crippen LogP contribution >= 0.6 is 0 Å². The van der Waals surface area contributed by atoms with Gasteiger partial charge in [0.2, 0.25) is 5.95 Å². The van der Waals surface area contributed by atoms with Gasteiger partial charge in [-0.3, -0.25) is 4.99 Å². The quantitative estimate of drug-likeness (QED) is 0.658. The molecule has 1 saturated heterocycles. The van der Waals surface area contributed by atoms with E-state index in [2.05, 4.69) is 35.2 Å². The highest BCUT2D eigenvalue weighted by Crippen LogP contribution is 2.10. The Hall–Kier alpha value is -2.64. The minimum Gasteiger partial charge on any atom is -0.359 e. The Morgan fingerprint density at radius 3 is 2.61 bits per heavy atom. The van der Waals surface area contributed by atoms with Gasteiger partial charge in [0, 0.05) is 51.7 Å². The molecular formula is C15H21N7O. The van der Waals surface area contributed by atoms with Crippen LogP contribution in [-0.2, 0) is 6.54 Å². The van der Waals surface area contributed by atoms with Gasteiger partial charge in [-0.25, -0.2) is 9.97 Å². The number of nitrogens with zero attached hydrogens (tertiary/aromatic N) is 6. The molecule has 0 radical (unpaired) electrons. The zero-order chi connectivity index (χ0) is 16.1. The zero-order valence-electron chi connectivity index (χ0n) is 13.4. The van der Waals surface area contributed by atoms with E-state index >= 15 is 0 Å². The summed E-state index contributed by atoms with van der Waals surface area (Å²) in [7, 11) is 1.79. The van der Waals surface area contributed by atoms with Crippen molar-refractivity contribution >= 4 is 11.9 Å². The number of aromatic nitrogens is 3. The number of anilines is 1. The lowest BCUT2D eigenvalue weighted by Gasteiger charge is -2.36. The molecule has 0 unspecified atom stereocenters. The van der Waals surface area contributed by atoms with Crippen LogP contribution in [0.2, 0.25) is 0 Å². The maximum absolute atomic E-state index is 5.21. The molecule has 0 amide bonds. The van der Waals surface area contributed by atoms with Gasteiger partial charge in [0.1, 0.15) is 0 Å². The molecule has 1 N–H and O–H groups in total. The van der Waals surface area contributed by atoms with Gasteiger partial charge in [-0.2, -0.15) is 0 Å². The summed E-state index contributed by atoms with van der Waals surface area (Å²) in [6.07, 6.45) is 3.54. The highest BCUT2D eigenvalue weighted by molar-refractivity contribution is 5.80. The van der Waals surface area contributed by atoms with Gasteiger partial charge in [0.15, 0.2) is 11.7 Å². The van der Waals surface area contributed by atoms with E-state index in [9.17, 15) is 0 Å². The SMILES string of the molecule is CN=C(NCc1cc(C)no1)N1CCN(c2ncccn2)CC1. The van der Waals surface area contributed by atoms with Crippen LogP contribution in [0.25, 0.3) is 0 Å². The lowest BCUT2D eigenvalue weighted by atomic mass is 10.3. The molecule has 8 heteroatoms. The van der Waals surface area contributed by atoms with Crippen molar-refractivity contribution in [1.29, 1.82) is 0 Å². The maximum atomic E-state index is 5.21. The molecule has 0 aromatic carbocycles. The Bertz CT molecular complexity index is 647. The first-order valence-corrected chi connectivity index (χ1v) is 7.66. The first-order chi connectivity index (χ1) is 11.3. The molecule has 0 saturated carbocycles. The van der Waals surface area contributed by atoms with Crippen LogP contribution in [0, 0.1) is 6.92 Å². The van der Waals surface area contributed by atoms with Gasteiger partial charge < -0.3 is 19.6 Å². The minimum atomic E-state index is 0.579. The molecule has 0 aliphatic carbocycles. The highest BCUT2D eigenvalue weighted by Gasteiger charge is 2.21. The van der Waals surface area contributed by atoms with E-state index in [1.807, 2.05) is 19.1 Å². The second kappa shape index (κ2) is 7.08. The molecule has 2 aromatic heterocycles. The van der Waals surface area contributed by atoms with Crippen molar-refractivity contribution in [1.82, 2.24) is 25.3 Å². The summed E-state index contributed by atoms with van der Waals surface area (Å²) >= 11 is 0. The molecule has 23 heavy (non-hydrogen) atoms. The van der Waals surface area contributed by atoms with Gasteiger partial charge in [-0.15, -0.1) is 0 Å². The van der Waals surface area contributed by atoms with Crippen molar-refractivity contribution in [3.05, 3.63) is 36.0 Å². The van der Waals surface area contributed by atoms with Crippen LogP contribution in [0.3, 0.4) is 0 Å². The molecule has 8 nitrogen and oxygen atoms in total. The summed E-state index contributed by atoms with van der Waals surface area (Å²) < 4.78 is 5.21. The normalized spacial score (nSPS) is 15.8. The maximum Gasteiger partial charge on any atom is 0.225 e. The lowest BCUT2D eigenvalue weighted by molar-refractivity contribution is 0.355. The lowest BCUT2D eigenvalue weighted by Crippen LogP contribution is -2.52. The van der Waals surface area contributed by atoms with E-state index in [-0.39, 0.29) is 0 Å². The fraction of sp³-hybridized carbons (Fsp3) is 0.467. The first kappa shape index (κ1) is 15.3. The van der Waals surface area contributed by atoms with Crippen molar-refractivity contribution < 1.29 is 4.52 Å². The summed E-state index contributed by atoms with van der Waals surface area (Å²) in [5, 5.41) is 7.20. The van der Waals surface area contributed by atoms with Gasteiger partial charge in [-0.05, 0) is 13.0 Å². The monoisotopic (exact) mass is 315 g/mol. The number of hydrogen-bond acceptors (Lipinski definition) is 6. The Labute approximate surface area is 135 Å². The van der Waals surface area contributed by atoms with Crippen molar-refractivity contribution in [3.8, 4) is 0 Å². The van der Waals surface area contributed by atoms with Gasteiger partial charge in [0.05, 0.1) is 12.2 Å². The van der Waals surface area contributed by atoms with Crippen molar-refractivity contribution in [2.75, 3.05) is 38.1 Å². The standard InChI is InChI=1S/C15H21N7O/c1-12-10-13(23-20-12)11-19-14(16-2)21-6-8-22(9-7-21)15-17-4-3-5-18-15/h3-5,10H,6-9,11H2,1-2H3,(H,16,19). The largest absolute Gasteiger partial charge is 0.359 e. The Balaban J connectivity index is 1.53. The van der Waals surface area contributed by atoms with Crippen LogP contribution in [0.15, 0.2) is 34.0 Å². The molecule has 122 valence electrons. The number of aliphatic imine (C=N–C) groups is 1. The van der Waals surface area contributed by atoms with Gasteiger partial charge in [-0.1, -0.05) is 5.16 Å². The van der Waals surface area contributed by atoms with Gasteiger partial charge >= 0.3 is 0 Å². The predicted molar refractivity (Wildman–Crippen MR) is 87.3 cm³/mol. The third-order valence-electron chi connectivity index (χ3n) is 3.72. The third kappa shape index (κ3) is 3.77. The van der Waals surface area contributed by atoms with Gasteiger partial charge in [0.25, 0.3) is 0 Å². The molecule has 0 atom stereocenters. The van der Waals surface area contributed by atoms with Crippen LogP contribution in [0.1, 0.15) is 11.5 Å². The second-order valence-corrected chi connectivity index (χ2v) is 5.36. The van der Waals surface area contributed by atoms with E-state index in [4.69, 9.17) is 4.52 Å². The summed E-state index contributed by atoms with van der Waals surface area (Å²) in [5.41, 5.74) is 0.883. The fourth-order valence-corrected chi connectivity index (χ4v) is 2.57. The summed E-state index contributed by atoms with van der Waals surface area (Å²) in [6.45, 7) is 5.96. The predicted octanol–water partition coefficient (Wildman–Crippen LogP) is 0.671. The first-order valence-electron chi connectivity index (χ1n) is 7.66. The Morgan fingerprint density at radius 2 is 2.00 bits per heavy atom. The molecule has 3 heterocycles. The average Bonchev–Trinajstić information content (AvgIpc) is 3.02. The molecular weight excluding hydrogens is 294 g/mol. The summed E-state index contributed by atoms with van der Waals surface area (Å²) in [4.78, 5) is 17.4. The van der Waals surface area contributed by atoms with Crippen LogP contribution in [-0.4, -0.2) is 59.2 Å². The number of aryl methyl sites for hydroxylation is 1.